The van der Waals surface area contributed by atoms with Crippen molar-refractivity contribution in [2.45, 2.75) is 42.7 Å². The van der Waals surface area contributed by atoms with E-state index in [4.69, 9.17) is 16.0 Å². The molecule has 2 amide bonds. The summed E-state index contributed by atoms with van der Waals surface area (Å²) < 4.78 is 5.81. The molecule has 2 aromatic carbocycles. The second kappa shape index (κ2) is 12.5. The van der Waals surface area contributed by atoms with E-state index in [0.717, 1.165) is 5.69 Å². The number of nitrogens with two attached hydrogens (primary N) is 1. The second-order valence-electron chi connectivity index (χ2n) is 12.5. The number of allylic oxidation sites excluding steroid dienone is 4. The van der Waals surface area contributed by atoms with Gasteiger partial charge < -0.3 is 25.6 Å². The Balaban J connectivity index is 1.06. The van der Waals surface area contributed by atoms with Gasteiger partial charge in [0.2, 0.25) is 11.8 Å². The maximum atomic E-state index is 13.5. The second-order valence-corrected chi connectivity index (χ2v) is 12.5. The zero-order valence-electron chi connectivity index (χ0n) is 25.4. The normalized spacial score (nSPS) is 27.2. The third-order valence-electron chi connectivity index (χ3n) is 10.1. The Bertz CT molecular complexity index is 1530. The van der Waals surface area contributed by atoms with Crippen molar-refractivity contribution in [1.29, 1.82) is 0 Å². The molecule has 7 rings (SSSR count). The van der Waals surface area contributed by atoms with Crippen LogP contribution in [-0.4, -0.2) is 80.6 Å². The molecule has 1 saturated heterocycles. The molecule has 0 radical (unpaired) electrons. The SMILES string of the molecule is CN(CCOCCN(C)C(=O)C1CC(N=[N+]=[N-])CN1)C(=O)CCC12c3ccccc3C(c3ccc(N)cc31)C1C=CC=CC12. The summed E-state index contributed by atoms with van der Waals surface area (Å²) in [7, 11) is 3.57. The molecule has 44 heavy (non-hydrogen) atoms. The van der Waals surface area contributed by atoms with Crippen LogP contribution in [0.25, 0.3) is 10.4 Å². The number of benzene rings is 2. The predicted molar refractivity (Wildman–Crippen MR) is 170 cm³/mol. The molecule has 10 nitrogen and oxygen atoms in total. The van der Waals surface area contributed by atoms with Gasteiger partial charge in [-0.3, -0.25) is 9.59 Å². The van der Waals surface area contributed by atoms with Crippen LogP contribution in [0, 0.1) is 11.8 Å². The Morgan fingerprint density at radius 2 is 1.82 bits per heavy atom. The van der Waals surface area contributed by atoms with Crippen LogP contribution in [0.15, 0.2) is 71.9 Å². The van der Waals surface area contributed by atoms with Gasteiger partial charge in [-0.25, -0.2) is 0 Å². The quantitative estimate of drug-likeness (QED) is 0.132. The van der Waals surface area contributed by atoms with Crippen LogP contribution >= 0.6 is 0 Å². The monoisotopic (exact) mass is 595 g/mol. The minimum Gasteiger partial charge on any atom is -0.399 e. The molecule has 1 aliphatic heterocycles. The summed E-state index contributed by atoms with van der Waals surface area (Å²) in [4.78, 5) is 32.4. The molecule has 5 aliphatic rings. The molecular weight excluding hydrogens is 554 g/mol. The van der Waals surface area contributed by atoms with Crippen molar-refractivity contribution in [3.8, 4) is 0 Å². The first-order valence-corrected chi connectivity index (χ1v) is 15.5. The highest BCUT2D eigenvalue weighted by Gasteiger charge is 2.57. The lowest BCUT2D eigenvalue weighted by Crippen LogP contribution is -2.52. The number of anilines is 1. The number of nitrogen functional groups attached to an aromatic ring is 1. The van der Waals surface area contributed by atoms with Crippen molar-refractivity contribution in [1.82, 2.24) is 15.1 Å². The number of amides is 2. The first-order chi connectivity index (χ1) is 21.3. The van der Waals surface area contributed by atoms with E-state index >= 15 is 0 Å². The first kappa shape index (κ1) is 29.9. The van der Waals surface area contributed by atoms with Gasteiger partial charge in [0.15, 0.2) is 0 Å². The molecular formula is C34H41N7O3. The smallest absolute Gasteiger partial charge is 0.239 e. The van der Waals surface area contributed by atoms with Crippen LogP contribution in [0.4, 0.5) is 5.69 Å². The molecule has 6 unspecified atom stereocenters. The van der Waals surface area contributed by atoms with Gasteiger partial charge in [0.25, 0.3) is 0 Å². The van der Waals surface area contributed by atoms with Gasteiger partial charge in [0, 0.05) is 62.1 Å². The molecule has 3 N–H and O–H groups in total. The topological polar surface area (TPSA) is 137 Å². The van der Waals surface area contributed by atoms with E-state index < -0.39 is 0 Å². The summed E-state index contributed by atoms with van der Waals surface area (Å²) in [5.41, 5.74) is 20.7. The number of azide groups is 1. The molecule has 0 aromatic heterocycles. The van der Waals surface area contributed by atoms with Gasteiger partial charge in [-0.1, -0.05) is 59.8 Å². The summed E-state index contributed by atoms with van der Waals surface area (Å²) in [6.07, 6.45) is 10.6. The summed E-state index contributed by atoms with van der Waals surface area (Å²) >= 11 is 0. The highest BCUT2D eigenvalue weighted by atomic mass is 16.5. The molecule has 230 valence electrons. The summed E-state index contributed by atoms with van der Waals surface area (Å²) in [6, 6.07) is 14.6. The number of nitrogens with zero attached hydrogens (tertiary/aromatic N) is 5. The van der Waals surface area contributed by atoms with E-state index in [9.17, 15) is 9.59 Å². The van der Waals surface area contributed by atoms with Crippen LogP contribution < -0.4 is 11.1 Å². The number of nitrogens with one attached hydrogen (secondary N) is 1. The molecule has 1 heterocycles. The van der Waals surface area contributed by atoms with E-state index in [-0.39, 0.29) is 41.1 Å². The highest BCUT2D eigenvalue weighted by molar-refractivity contribution is 5.82. The van der Waals surface area contributed by atoms with Gasteiger partial charge in [-0.2, -0.15) is 0 Å². The molecule has 2 aromatic rings. The number of ether oxygens (including phenoxy) is 1. The van der Waals surface area contributed by atoms with E-state index in [1.165, 1.54) is 22.3 Å². The van der Waals surface area contributed by atoms with Crippen molar-refractivity contribution < 1.29 is 14.3 Å². The maximum absolute atomic E-state index is 13.5. The van der Waals surface area contributed by atoms with E-state index in [1.54, 1.807) is 16.8 Å². The Hall–Kier alpha value is -4.11. The van der Waals surface area contributed by atoms with Crippen molar-refractivity contribution >= 4 is 17.5 Å². The van der Waals surface area contributed by atoms with Gasteiger partial charge in [-0.15, -0.1) is 0 Å². The van der Waals surface area contributed by atoms with Crippen LogP contribution in [0.1, 0.15) is 47.4 Å². The van der Waals surface area contributed by atoms with Crippen LogP contribution in [0.2, 0.25) is 0 Å². The zero-order chi connectivity index (χ0) is 30.8. The maximum Gasteiger partial charge on any atom is 0.239 e. The lowest BCUT2D eigenvalue weighted by Gasteiger charge is -2.58. The first-order valence-electron chi connectivity index (χ1n) is 15.5. The Labute approximate surface area is 258 Å². The highest BCUT2D eigenvalue weighted by Crippen LogP contribution is 2.64. The molecule has 4 aliphatic carbocycles. The van der Waals surface area contributed by atoms with Gasteiger partial charge in [0.1, 0.15) is 0 Å². The van der Waals surface area contributed by atoms with Crippen molar-refractivity contribution in [2.75, 3.05) is 52.7 Å². The average molecular weight is 596 g/mol. The lowest BCUT2D eigenvalue weighted by atomic mass is 9.45. The largest absolute Gasteiger partial charge is 0.399 e. The Morgan fingerprint density at radius 1 is 1.07 bits per heavy atom. The number of rotatable bonds is 11. The van der Waals surface area contributed by atoms with E-state index in [2.05, 4.69) is 76.0 Å². The predicted octanol–water partition coefficient (Wildman–Crippen LogP) is 4.13. The third-order valence-corrected chi connectivity index (χ3v) is 10.1. The molecule has 10 heteroatoms. The average Bonchev–Trinajstić information content (AvgIpc) is 3.51. The minimum atomic E-state index is -0.344. The number of likely N-dealkylation sites (N-methyl/N-ethyl adjacent to an activating group) is 2. The molecule has 6 atom stereocenters. The van der Waals surface area contributed by atoms with Gasteiger partial charge >= 0.3 is 0 Å². The van der Waals surface area contributed by atoms with E-state index in [0.29, 0.717) is 58.0 Å². The summed E-state index contributed by atoms with van der Waals surface area (Å²) in [5.74, 6) is 0.924. The van der Waals surface area contributed by atoms with Gasteiger partial charge in [-0.05, 0) is 64.6 Å². The number of carbonyl (C=O) groups excluding carboxylic acids is 2. The summed E-state index contributed by atoms with van der Waals surface area (Å²) in [5, 5.41) is 6.83. The molecule has 0 spiro atoms. The van der Waals surface area contributed by atoms with Crippen molar-refractivity contribution in [2.24, 2.45) is 17.0 Å². The molecule has 0 saturated carbocycles. The van der Waals surface area contributed by atoms with Crippen LogP contribution in [0.3, 0.4) is 0 Å². The minimum absolute atomic E-state index is 0.0388. The van der Waals surface area contributed by atoms with E-state index in [1.807, 2.05) is 13.1 Å². The fourth-order valence-electron chi connectivity index (χ4n) is 7.93. The lowest BCUT2D eigenvalue weighted by molar-refractivity contribution is -0.132. The standard InChI is InChI=1S/C34H41N7O3/c1-40(15-17-44-18-16-41(2)33(43)30-20-23(21-37-30)38-39-36)31(42)13-14-34-27-9-5-3-7-24(27)32(25-8-4-6-10-28(25)34)26-12-11-22(35)19-29(26)34/h3-12,19,23-24,27,30,32,37H,13-18,20-21,35H2,1-2H3. The number of carbonyl (C=O) groups is 2. The van der Waals surface area contributed by atoms with Crippen molar-refractivity contribution in [3.63, 3.8) is 0 Å². The Morgan fingerprint density at radius 3 is 2.64 bits per heavy atom. The fourth-order valence-corrected chi connectivity index (χ4v) is 7.93. The van der Waals surface area contributed by atoms with Crippen LogP contribution in [0.5, 0.6) is 0 Å². The number of hydrogen-bond acceptors (Lipinski definition) is 6. The fraction of sp³-hybridized carbons (Fsp3) is 0.471. The third kappa shape index (κ3) is 5.27. The molecule has 1 fully saturated rings. The summed E-state index contributed by atoms with van der Waals surface area (Å²) in [6.45, 7) is 2.18. The zero-order valence-corrected chi connectivity index (χ0v) is 25.4. The molecule has 2 bridgehead atoms. The number of hydrogen-bond donors (Lipinski definition) is 2. The van der Waals surface area contributed by atoms with Crippen molar-refractivity contribution in [3.05, 3.63) is 99.5 Å². The Kier molecular flexibility index (Phi) is 8.49. The van der Waals surface area contributed by atoms with Gasteiger partial charge in [0.05, 0.1) is 25.3 Å². The van der Waals surface area contributed by atoms with Crippen LogP contribution in [-0.2, 0) is 19.7 Å².